The smallest absolute Gasteiger partial charge is 0.241 e. The molecule has 0 fully saturated rings. The molecule has 8 heteroatoms. The van der Waals surface area contributed by atoms with Crippen LogP contribution in [0.15, 0.2) is 41.3 Å². The second-order valence-electron chi connectivity index (χ2n) is 5.03. The van der Waals surface area contributed by atoms with Gasteiger partial charge in [0.15, 0.2) is 0 Å². The van der Waals surface area contributed by atoms with Crippen LogP contribution in [0.25, 0.3) is 0 Å². The van der Waals surface area contributed by atoms with Gasteiger partial charge in [-0.1, -0.05) is 11.6 Å². The fourth-order valence-corrected chi connectivity index (χ4v) is 3.68. The van der Waals surface area contributed by atoms with Crippen LogP contribution in [0.5, 0.6) is 11.5 Å². The van der Waals surface area contributed by atoms with Crippen molar-refractivity contribution < 1.29 is 22.3 Å². The number of methoxy groups -OCH3 is 2. The minimum Gasteiger partial charge on any atom is -0.497 e. The molecule has 0 bridgehead atoms. The van der Waals surface area contributed by atoms with Gasteiger partial charge < -0.3 is 9.47 Å². The Morgan fingerprint density at radius 2 is 1.83 bits per heavy atom. The van der Waals surface area contributed by atoms with Gasteiger partial charge in [0.05, 0.1) is 24.1 Å². The summed E-state index contributed by atoms with van der Waals surface area (Å²) in [6.45, 7) is 1.67. The van der Waals surface area contributed by atoms with Crippen LogP contribution >= 0.6 is 11.6 Å². The second-order valence-corrected chi connectivity index (χ2v) is 7.15. The minimum absolute atomic E-state index is 0.123. The molecule has 2 aromatic rings. The topological polar surface area (TPSA) is 64.6 Å². The molecule has 0 heterocycles. The highest BCUT2D eigenvalue weighted by Gasteiger charge is 2.22. The van der Waals surface area contributed by atoms with Crippen molar-refractivity contribution in [2.45, 2.75) is 17.9 Å². The van der Waals surface area contributed by atoms with Crippen LogP contribution in [0.3, 0.4) is 0 Å². The zero-order valence-corrected chi connectivity index (χ0v) is 14.9. The molecule has 2 aromatic carbocycles. The molecule has 0 radical (unpaired) electrons. The predicted molar refractivity (Wildman–Crippen MR) is 89.7 cm³/mol. The van der Waals surface area contributed by atoms with Gasteiger partial charge in [-0.2, -0.15) is 0 Å². The summed E-state index contributed by atoms with van der Waals surface area (Å²) in [5, 5.41) is -0.260. The van der Waals surface area contributed by atoms with Crippen LogP contribution in [0.2, 0.25) is 5.02 Å². The number of nitrogens with one attached hydrogen (secondary N) is 1. The molecule has 130 valence electrons. The maximum Gasteiger partial charge on any atom is 0.241 e. The second kappa shape index (κ2) is 7.38. The Labute approximate surface area is 145 Å². The fraction of sp³-hybridized carbons (Fsp3) is 0.250. The molecular formula is C16H17ClFNO4S. The molecule has 24 heavy (non-hydrogen) atoms. The maximum atomic E-state index is 13.2. The molecule has 2 rings (SSSR count). The Balaban J connectivity index is 2.34. The lowest BCUT2D eigenvalue weighted by Gasteiger charge is -2.18. The number of ether oxygens (including phenoxy) is 2. The number of halogens is 2. The van der Waals surface area contributed by atoms with Crippen molar-refractivity contribution in [3.05, 3.63) is 52.8 Å². The van der Waals surface area contributed by atoms with Crippen LogP contribution in [-0.2, 0) is 10.0 Å². The van der Waals surface area contributed by atoms with Crippen LogP contribution in [0, 0.1) is 5.82 Å². The third-order valence-electron chi connectivity index (χ3n) is 3.44. The van der Waals surface area contributed by atoms with Gasteiger partial charge in [-0.15, -0.1) is 0 Å². The van der Waals surface area contributed by atoms with Crippen molar-refractivity contribution in [2.75, 3.05) is 14.2 Å². The third kappa shape index (κ3) is 3.98. The van der Waals surface area contributed by atoms with Gasteiger partial charge in [-0.05, 0) is 43.3 Å². The Hall–Kier alpha value is -1.83. The van der Waals surface area contributed by atoms with E-state index in [9.17, 15) is 12.8 Å². The molecule has 0 aromatic heterocycles. The van der Waals surface area contributed by atoms with Crippen LogP contribution in [-0.4, -0.2) is 22.6 Å². The molecular weight excluding hydrogens is 357 g/mol. The van der Waals surface area contributed by atoms with E-state index < -0.39 is 21.9 Å². The van der Waals surface area contributed by atoms with E-state index in [4.69, 9.17) is 21.1 Å². The maximum absolute atomic E-state index is 13.2. The predicted octanol–water partition coefficient (Wildman–Crippen LogP) is 3.54. The van der Waals surface area contributed by atoms with Crippen molar-refractivity contribution >= 4 is 21.6 Å². The van der Waals surface area contributed by atoms with E-state index in [0.717, 1.165) is 18.2 Å². The number of hydrogen-bond acceptors (Lipinski definition) is 4. The molecule has 0 saturated heterocycles. The van der Waals surface area contributed by atoms with Crippen LogP contribution in [0.4, 0.5) is 4.39 Å². The van der Waals surface area contributed by atoms with Gasteiger partial charge in [0.1, 0.15) is 17.3 Å². The first-order valence-corrected chi connectivity index (χ1v) is 8.84. The van der Waals surface area contributed by atoms with Gasteiger partial charge in [-0.25, -0.2) is 17.5 Å². The number of rotatable bonds is 6. The summed E-state index contributed by atoms with van der Waals surface area (Å²) in [5.41, 5.74) is 0.605. The van der Waals surface area contributed by atoms with Gasteiger partial charge in [0.25, 0.3) is 0 Å². The summed E-state index contributed by atoms with van der Waals surface area (Å²) < 4.78 is 51.1. The average Bonchev–Trinajstić information content (AvgIpc) is 2.56. The van der Waals surface area contributed by atoms with E-state index >= 15 is 0 Å². The monoisotopic (exact) mass is 373 g/mol. The van der Waals surface area contributed by atoms with Crippen molar-refractivity contribution in [3.8, 4) is 11.5 Å². The molecule has 1 N–H and O–H groups in total. The molecule has 1 atom stereocenters. The number of benzene rings is 2. The lowest BCUT2D eigenvalue weighted by atomic mass is 10.1. The van der Waals surface area contributed by atoms with Gasteiger partial charge in [0.2, 0.25) is 10.0 Å². The van der Waals surface area contributed by atoms with Crippen molar-refractivity contribution in [1.82, 2.24) is 4.72 Å². The van der Waals surface area contributed by atoms with Gasteiger partial charge in [-0.3, -0.25) is 0 Å². The molecule has 0 amide bonds. The third-order valence-corrected chi connectivity index (χ3v) is 5.26. The fourth-order valence-electron chi connectivity index (χ4n) is 2.19. The van der Waals surface area contributed by atoms with E-state index in [1.54, 1.807) is 25.1 Å². The SMILES string of the molecule is COc1ccc(OC)c(C(C)NS(=O)(=O)c2ccc(F)c(Cl)c2)c1. The summed E-state index contributed by atoms with van der Waals surface area (Å²) in [6, 6.07) is 7.70. The Kier molecular flexibility index (Phi) is 5.69. The Morgan fingerprint density at radius 1 is 1.12 bits per heavy atom. The molecule has 5 nitrogen and oxygen atoms in total. The lowest BCUT2D eigenvalue weighted by molar-refractivity contribution is 0.395. The number of sulfonamides is 1. The normalized spacial score (nSPS) is 12.7. The molecule has 0 aliphatic carbocycles. The van der Waals surface area contributed by atoms with E-state index in [2.05, 4.69) is 4.72 Å². The summed E-state index contributed by atoms with van der Waals surface area (Å²) >= 11 is 5.66. The molecule has 0 aliphatic rings. The first-order chi connectivity index (χ1) is 11.3. The summed E-state index contributed by atoms with van der Waals surface area (Å²) in [5.74, 6) is 0.406. The van der Waals surface area contributed by atoms with Gasteiger partial charge >= 0.3 is 0 Å². The van der Waals surface area contributed by atoms with Crippen molar-refractivity contribution in [2.24, 2.45) is 0 Å². The first kappa shape index (κ1) is 18.5. The van der Waals surface area contributed by atoms with E-state index in [-0.39, 0.29) is 9.92 Å². The molecule has 0 saturated carbocycles. The number of hydrogen-bond donors (Lipinski definition) is 1. The summed E-state index contributed by atoms with van der Waals surface area (Å²) in [4.78, 5) is -0.123. The zero-order chi connectivity index (χ0) is 17.9. The Morgan fingerprint density at radius 3 is 2.42 bits per heavy atom. The quantitative estimate of drug-likeness (QED) is 0.841. The van der Waals surface area contributed by atoms with Gasteiger partial charge in [0, 0.05) is 11.6 Å². The van der Waals surface area contributed by atoms with E-state index in [1.807, 2.05) is 0 Å². The average molecular weight is 374 g/mol. The van der Waals surface area contributed by atoms with E-state index in [0.29, 0.717) is 17.1 Å². The van der Waals surface area contributed by atoms with Crippen molar-refractivity contribution in [1.29, 1.82) is 0 Å². The standard InChI is InChI=1S/C16H17ClFNO4S/c1-10(13-8-11(22-2)4-7-16(13)23-3)19-24(20,21)12-5-6-15(18)14(17)9-12/h4-10,19H,1-3H3. The highest BCUT2D eigenvalue weighted by atomic mass is 35.5. The summed E-state index contributed by atoms with van der Waals surface area (Å²) in [6.07, 6.45) is 0. The molecule has 1 unspecified atom stereocenters. The highest BCUT2D eigenvalue weighted by molar-refractivity contribution is 7.89. The van der Waals surface area contributed by atoms with Crippen molar-refractivity contribution in [3.63, 3.8) is 0 Å². The highest BCUT2D eigenvalue weighted by Crippen LogP contribution is 2.30. The lowest BCUT2D eigenvalue weighted by Crippen LogP contribution is -2.27. The largest absolute Gasteiger partial charge is 0.497 e. The minimum atomic E-state index is -3.89. The van der Waals surface area contributed by atoms with Crippen LogP contribution in [0.1, 0.15) is 18.5 Å². The van der Waals surface area contributed by atoms with E-state index in [1.165, 1.54) is 14.2 Å². The molecule has 0 spiro atoms. The summed E-state index contributed by atoms with van der Waals surface area (Å²) in [7, 11) is -0.882. The molecule has 0 aliphatic heterocycles. The first-order valence-electron chi connectivity index (χ1n) is 6.98. The zero-order valence-electron chi connectivity index (χ0n) is 13.3. The Bertz CT molecular complexity index is 842. The van der Waals surface area contributed by atoms with Crippen LogP contribution < -0.4 is 14.2 Å².